The average Bonchev–Trinajstić information content (AvgIpc) is 3.32. The van der Waals surface area contributed by atoms with Crippen LogP contribution in [0.15, 0.2) is 92.1 Å². The smallest absolute Gasteiger partial charge is 0.262 e. The van der Waals surface area contributed by atoms with Gasteiger partial charge in [-0.25, -0.2) is 9.98 Å². The van der Waals surface area contributed by atoms with Crippen LogP contribution in [0, 0.1) is 6.92 Å². The molecule has 174 valence electrons. The number of methoxy groups -OCH3 is 1. The van der Waals surface area contributed by atoms with Gasteiger partial charge in [-0.05, 0) is 73.2 Å². The fourth-order valence-corrected chi connectivity index (χ4v) is 4.65. The lowest BCUT2D eigenvalue weighted by molar-refractivity contribution is 0.102. The fraction of sp³-hybridized carbons (Fsp3) is 0.0741. The van der Waals surface area contributed by atoms with Gasteiger partial charge in [-0.3, -0.25) is 10.1 Å². The number of carbonyl (C=O) groups is 1. The van der Waals surface area contributed by atoms with Gasteiger partial charge in [-0.15, -0.1) is 11.3 Å². The maximum absolute atomic E-state index is 13.4. The van der Waals surface area contributed by atoms with Crippen LogP contribution in [0.1, 0.15) is 15.9 Å². The van der Waals surface area contributed by atoms with Gasteiger partial charge in [0.1, 0.15) is 16.9 Å². The van der Waals surface area contributed by atoms with E-state index in [0.29, 0.717) is 22.0 Å². The zero-order valence-electron chi connectivity index (χ0n) is 18.9. The molecule has 0 aliphatic carbocycles. The zero-order chi connectivity index (χ0) is 24.4. The van der Waals surface area contributed by atoms with Gasteiger partial charge in [0, 0.05) is 20.8 Å². The van der Waals surface area contributed by atoms with Gasteiger partial charge in [-0.2, -0.15) is 0 Å². The highest BCUT2D eigenvalue weighted by atomic mass is 79.9. The van der Waals surface area contributed by atoms with Crippen LogP contribution >= 0.6 is 27.3 Å². The Kier molecular flexibility index (Phi) is 6.48. The Bertz CT molecular complexity index is 1610. The number of nitrogens with one attached hydrogen (secondary N) is 1. The summed E-state index contributed by atoms with van der Waals surface area (Å²) in [7, 11) is 1.63. The van der Waals surface area contributed by atoms with E-state index in [9.17, 15) is 4.79 Å². The average molecular weight is 546 g/mol. The number of amides is 1. The Morgan fingerprint density at radius 2 is 1.91 bits per heavy atom. The number of nitrogens with zero attached hydrogens (tertiary/aromatic N) is 2. The van der Waals surface area contributed by atoms with Crippen molar-refractivity contribution >= 4 is 55.0 Å². The van der Waals surface area contributed by atoms with Crippen LogP contribution in [0.3, 0.4) is 0 Å². The van der Waals surface area contributed by atoms with E-state index in [0.717, 1.165) is 32.4 Å². The molecule has 3 aromatic carbocycles. The van der Waals surface area contributed by atoms with Crippen molar-refractivity contribution in [3.8, 4) is 17.0 Å². The minimum absolute atomic E-state index is 0.231. The molecule has 5 rings (SSSR count). The number of carbonyl (C=O) groups excluding carboxylic acids is 1. The van der Waals surface area contributed by atoms with Crippen molar-refractivity contribution in [2.24, 2.45) is 4.99 Å². The molecule has 0 radical (unpaired) electrons. The van der Waals surface area contributed by atoms with Crippen molar-refractivity contribution in [3.63, 3.8) is 0 Å². The van der Waals surface area contributed by atoms with E-state index in [1.165, 1.54) is 11.3 Å². The first-order chi connectivity index (χ1) is 17.0. The molecule has 0 bridgehead atoms. The minimum atomic E-state index is -0.349. The first-order valence-corrected chi connectivity index (χ1v) is 12.4. The number of thiazole rings is 1. The molecular formula is C27H20BrN3O3S. The molecule has 0 fully saturated rings. The molecule has 0 aliphatic heterocycles. The number of hydrogen-bond acceptors (Lipinski definition) is 6. The largest absolute Gasteiger partial charge is 0.497 e. The van der Waals surface area contributed by atoms with Crippen molar-refractivity contribution in [2.75, 3.05) is 12.4 Å². The normalized spacial score (nSPS) is 11.6. The van der Waals surface area contributed by atoms with Gasteiger partial charge in [0.25, 0.3) is 5.91 Å². The topological polar surface area (TPSA) is 76.7 Å². The summed E-state index contributed by atoms with van der Waals surface area (Å²) in [4.78, 5) is 22.6. The summed E-state index contributed by atoms with van der Waals surface area (Å²) in [6.07, 6.45) is 0. The van der Waals surface area contributed by atoms with Crippen LogP contribution in [0.5, 0.6) is 5.75 Å². The van der Waals surface area contributed by atoms with Crippen LogP contribution < -0.4 is 15.6 Å². The van der Waals surface area contributed by atoms with Gasteiger partial charge in [0.05, 0.1) is 18.5 Å². The number of aryl methyl sites for hydroxylation is 1. The highest BCUT2D eigenvalue weighted by Gasteiger charge is 2.16. The summed E-state index contributed by atoms with van der Waals surface area (Å²) in [6, 6.07) is 22.7. The summed E-state index contributed by atoms with van der Waals surface area (Å²) in [5.41, 5.74) is 4.65. The molecule has 1 N–H and O–H groups in total. The molecule has 0 atom stereocenters. The lowest BCUT2D eigenvalue weighted by Gasteiger charge is -2.06. The second kappa shape index (κ2) is 9.85. The van der Waals surface area contributed by atoms with Gasteiger partial charge in [-0.1, -0.05) is 28.1 Å². The van der Waals surface area contributed by atoms with Gasteiger partial charge < -0.3 is 9.15 Å². The first-order valence-electron chi connectivity index (χ1n) is 10.7. The molecule has 35 heavy (non-hydrogen) atoms. The third-order valence-corrected chi connectivity index (χ3v) is 6.55. The van der Waals surface area contributed by atoms with Crippen molar-refractivity contribution in [2.45, 2.75) is 6.92 Å². The van der Waals surface area contributed by atoms with E-state index in [1.54, 1.807) is 13.2 Å². The molecular weight excluding hydrogens is 526 g/mol. The number of ether oxygens (including phenoxy) is 1. The van der Waals surface area contributed by atoms with Gasteiger partial charge >= 0.3 is 0 Å². The van der Waals surface area contributed by atoms with E-state index in [2.05, 4.69) is 31.2 Å². The Labute approximate surface area is 214 Å². The highest BCUT2D eigenvalue weighted by molar-refractivity contribution is 9.10. The third kappa shape index (κ3) is 5.18. The first kappa shape index (κ1) is 23.0. The van der Waals surface area contributed by atoms with E-state index >= 15 is 0 Å². The molecule has 0 aliphatic rings. The summed E-state index contributed by atoms with van der Waals surface area (Å²) >= 11 is 4.83. The minimum Gasteiger partial charge on any atom is -0.497 e. The van der Waals surface area contributed by atoms with E-state index in [-0.39, 0.29) is 11.5 Å². The van der Waals surface area contributed by atoms with Crippen LogP contribution in [0.25, 0.3) is 22.2 Å². The van der Waals surface area contributed by atoms with Gasteiger partial charge in [0.15, 0.2) is 5.13 Å². The molecule has 2 aromatic heterocycles. The van der Waals surface area contributed by atoms with Crippen LogP contribution in [0.2, 0.25) is 0 Å². The predicted octanol–water partition coefficient (Wildman–Crippen LogP) is 7.12. The second-order valence-electron chi connectivity index (χ2n) is 7.82. The van der Waals surface area contributed by atoms with Crippen molar-refractivity contribution in [1.82, 2.24) is 4.98 Å². The number of anilines is 1. The molecule has 0 unspecified atom stereocenters. The summed E-state index contributed by atoms with van der Waals surface area (Å²) in [5, 5.41) is 6.07. The van der Waals surface area contributed by atoms with Crippen LogP contribution in [-0.4, -0.2) is 18.0 Å². The number of benzene rings is 3. The van der Waals surface area contributed by atoms with Crippen molar-refractivity contribution in [3.05, 3.63) is 99.3 Å². The van der Waals surface area contributed by atoms with Crippen LogP contribution in [-0.2, 0) is 0 Å². The van der Waals surface area contributed by atoms with Crippen molar-refractivity contribution < 1.29 is 13.9 Å². The maximum Gasteiger partial charge on any atom is 0.262 e. The fourth-order valence-electron chi connectivity index (χ4n) is 3.55. The predicted molar refractivity (Wildman–Crippen MR) is 142 cm³/mol. The molecule has 6 nitrogen and oxygen atoms in total. The lowest BCUT2D eigenvalue weighted by atomic mass is 10.1. The molecule has 8 heteroatoms. The van der Waals surface area contributed by atoms with E-state index < -0.39 is 0 Å². The summed E-state index contributed by atoms with van der Waals surface area (Å²) in [6.45, 7) is 1.99. The molecule has 0 spiro atoms. The Morgan fingerprint density at radius 1 is 1.09 bits per heavy atom. The highest BCUT2D eigenvalue weighted by Crippen LogP contribution is 2.27. The van der Waals surface area contributed by atoms with E-state index in [1.807, 2.05) is 79.0 Å². The number of fused-ring (bicyclic) bond motifs is 1. The molecule has 5 aromatic rings. The number of aromatic nitrogens is 1. The van der Waals surface area contributed by atoms with Crippen LogP contribution in [0.4, 0.5) is 10.8 Å². The standard InChI is InChI=1S/C27H20BrN3O3S/c1-16-4-3-5-20(12-16)29-26-22(14-18-13-19(28)8-11-24(18)34-26)25(32)31-27-30-23(15-35-27)17-6-9-21(33-2)10-7-17/h3-15H,1-2H3,(H,30,31,32). The Balaban J connectivity index is 1.51. The Morgan fingerprint density at radius 3 is 2.69 bits per heavy atom. The van der Waals surface area contributed by atoms with E-state index in [4.69, 9.17) is 9.15 Å². The maximum atomic E-state index is 13.4. The number of halogens is 1. The number of rotatable bonds is 5. The third-order valence-electron chi connectivity index (χ3n) is 5.30. The monoisotopic (exact) mass is 545 g/mol. The molecule has 0 saturated heterocycles. The number of hydrogen-bond donors (Lipinski definition) is 1. The lowest BCUT2D eigenvalue weighted by Crippen LogP contribution is -2.21. The summed E-state index contributed by atoms with van der Waals surface area (Å²) < 4.78 is 12.2. The second-order valence-corrected chi connectivity index (χ2v) is 9.59. The van der Waals surface area contributed by atoms with Gasteiger partial charge in [0.2, 0.25) is 5.55 Å². The molecule has 2 heterocycles. The van der Waals surface area contributed by atoms with Crippen molar-refractivity contribution in [1.29, 1.82) is 0 Å². The molecule has 0 saturated carbocycles. The zero-order valence-corrected chi connectivity index (χ0v) is 21.3. The quantitative estimate of drug-likeness (QED) is 0.255. The molecule has 1 amide bonds. The summed E-state index contributed by atoms with van der Waals surface area (Å²) in [5.74, 6) is 0.423. The Hall–Kier alpha value is -3.75. The SMILES string of the molecule is COc1ccc(-c2csc(NC(=O)c3cc4cc(Br)ccc4oc3=Nc3cccc(C)c3)n2)cc1.